The number of para-hydroxylation sites is 1. The summed E-state index contributed by atoms with van der Waals surface area (Å²) in [6.07, 6.45) is 1.64. The molecule has 44 heavy (non-hydrogen) atoms. The lowest BCUT2D eigenvalue weighted by Crippen LogP contribution is -2.21. The Morgan fingerprint density at radius 2 is 1.75 bits per heavy atom. The highest BCUT2D eigenvalue weighted by Gasteiger charge is 2.19. The van der Waals surface area contributed by atoms with E-state index in [4.69, 9.17) is 24.3 Å². The number of rotatable bonds is 9. The fourth-order valence-corrected chi connectivity index (χ4v) is 6.78. The number of aromatic nitrogens is 2. The summed E-state index contributed by atoms with van der Waals surface area (Å²) < 4.78 is 21.7. The van der Waals surface area contributed by atoms with Gasteiger partial charge in [-0.3, -0.25) is 4.79 Å². The second kappa shape index (κ2) is 13.8. The van der Waals surface area contributed by atoms with E-state index in [-0.39, 0.29) is 11.5 Å². The molecule has 10 heteroatoms. The van der Waals surface area contributed by atoms with E-state index in [0.717, 1.165) is 46.1 Å². The standard InChI is InChI=1S/C34H30Br2IN3O4/c1-19(2)25-16-26(20(3)12-30(25)42-4)33-39-29-9-7-6-8-24(29)34(41)40(33)38-17-21-13-28(37)32(31(14-21)43-5)44-18-22-10-11-23(35)15-27(22)36/h6-17,19H,18H2,1-5H3. The Hall–Kier alpha value is -3.22. The Morgan fingerprint density at radius 3 is 2.45 bits per heavy atom. The molecule has 0 saturated heterocycles. The van der Waals surface area contributed by atoms with Crippen molar-refractivity contribution < 1.29 is 14.2 Å². The highest BCUT2D eigenvalue weighted by molar-refractivity contribution is 14.1. The first kappa shape index (κ1) is 32.2. The smallest absolute Gasteiger partial charge is 0.282 e. The molecule has 5 aromatic rings. The van der Waals surface area contributed by atoms with Crippen molar-refractivity contribution in [2.45, 2.75) is 33.3 Å². The molecule has 1 aromatic heterocycles. The summed E-state index contributed by atoms with van der Waals surface area (Å²) in [6, 6.07) is 21.1. The molecule has 0 aliphatic heterocycles. The Labute approximate surface area is 286 Å². The molecule has 4 aromatic carbocycles. The normalized spacial score (nSPS) is 11.5. The van der Waals surface area contributed by atoms with Gasteiger partial charge in [-0.25, -0.2) is 4.98 Å². The lowest BCUT2D eigenvalue weighted by atomic mass is 9.96. The van der Waals surface area contributed by atoms with Crippen molar-refractivity contribution in [1.82, 2.24) is 9.66 Å². The largest absolute Gasteiger partial charge is 0.496 e. The van der Waals surface area contributed by atoms with Crippen LogP contribution in [0.3, 0.4) is 0 Å². The van der Waals surface area contributed by atoms with E-state index >= 15 is 0 Å². The van der Waals surface area contributed by atoms with Crippen LogP contribution in [0.4, 0.5) is 0 Å². The topological polar surface area (TPSA) is 74.9 Å². The Morgan fingerprint density at radius 1 is 1.00 bits per heavy atom. The molecule has 1 heterocycles. The monoisotopic (exact) mass is 829 g/mol. The number of hydrogen-bond acceptors (Lipinski definition) is 6. The van der Waals surface area contributed by atoms with Gasteiger partial charge in [-0.15, -0.1) is 0 Å². The van der Waals surface area contributed by atoms with Crippen molar-refractivity contribution >= 4 is 71.6 Å². The van der Waals surface area contributed by atoms with Crippen LogP contribution in [0.25, 0.3) is 22.3 Å². The second-order valence-corrected chi connectivity index (χ2v) is 13.4. The predicted octanol–water partition coefficient (Wildman–Crippen LogP) is 9.10. The molecular formula is C34H30Br2IN3O4. The number of nitrogens with zero attached hydrogens (tertiary/aromatic N) is 3. The van der Waals surface area contributed by atoms with E-state index in [0.29, 0.717) is 34.8 Å². The molecule has 0 saturated carbocycles. The van der Waals surface area contributed by atoms with E-state index < -0.39 is 0 Å². The summed E-state index contributed by atoms with van der Waals surface area (Å²) in [6.45, 7) is 6.55. The molecule has 0 fully saturated rings. The van der Waals surface area contributed by atoms with Crippen molar-refractivity contribution in [2.24, 2.45) is 5.10 Å². The van der Waals surface area contributed by atoms with Crippen LogP contribution in [0.15, 0.2) is 85.6 Å². The molecule has 0 bridgehead atoms. The lowest BCUT2D eigenvalue weighted by molar-refractivity contribution is 0.281. The van der Waals surface area contributed by atoms with Gasteiger partial charge in [-0.2, -0.15) is 9.78 Å². The maximum absolute atomic E-state index is 13.8. The minimum atomic E-state index is -0.259. The molecule has 0 amide bonds. The number of ether oxygens (including phenoxy) is 3. The number of fused-ring (bicyclic) bond motifs is 1. The zero-order valence-electron chi connectivity index (χ0n) is 24.8. The minimum Gasteiger partial charge on any atom is -0.496 e. The summed E-state index contributed by atoms with van der Waals surface area (Å²) in [5.41, 5.74) is 4.85. The maximum Gasteiger partial charge on any atom is 0.282 e. The van der Waals surface area contributed by atoms with Gasteiger partial charge in [0, 0.05) is 20.1 Å². The highest BCUT2D eigenvalue weighted by atomic mass is 127. The van der Waals surface area contributed by atoms with Crippen molar-refractivity contribution in [3.05, 3.63) is 112 Å². The summed E-state index contributed by atoms with van der Waals surface area (Å²) >= 11 is 9.30. The molecule has 0 atom stereocenters. The number of halogens is 3. The van der Waals surface area contributed by atoms with E-state index in [2.05, 4.69) is 68.3 Å². The number of aryl methyl sites for hydroxylation is 1. The SMILES string of the molecule is COc1cc(C)c(-c2nc3ccccc3c(=O)n2N=Cc2cc(I)c(OCc3ccc(Br)cc3Br)c(OC)c2)cc1C(C)C. The van der Waals surface area contributed by atoms with Crippen molar-refractivity contribution in [3.63, 3.8) is 0 Å². The molecule has 0 radical (unpaired) electrons. The van der Waals surface area contributed by atoms with Crippen molar-refractivity contribution in [3.8, 4) is 28.6 Å². The average Bonchev–Trinajstić information content (AvgIpc) is 3.00. The van der Waals surface area contributed by atoms with Gasteiger partial charge in [0.1, 0.15) is 12.4 Å². The van der Waals surface area contributed by atoms with Crippen molar-refractivity contribution in [2.75, 3.05) is 14.2 Å². The molecular weight excluding hydrogens is 801 g/mol. The quantitative estimate of drug-likeness (QED) is 0.110. The van der Waals surface area contributed by atoms with Crippen LogP contribution in [0.2, 0.25) is 0 Å². The van der Waals surface area contributed by atoms with Crippen molar-refractivity contribution in [1.29, 1.82) is 0 Å². The molecule has 226 valence electrons. The Kier molecular flexibility index (Phi) is 10.1. The molecule has 5 rings (SSSR count). The molecule has 0 spiro atoms. The average molecular weight is 831 g/mol. The van der Waals surface area contributed by atoms with Crippen LogP contribution in [-0.4, -0.2) is 30.1 Å². The third-order valence-electron chi connectivity index (χ3n) is 7.15. The molecule has 0 aliphatic carbocycles. The Balaban J connectivity index is 1.58. The third-order valence-corrected chi connectivity index (χ3v) is 9.19. The van der Waals surface area contributed by atoms with Crippen LogP contribution in [-0.2, 0) is 6.61 Å². The van der Waals surface area contributed by atoms with Crippen LogP contribution < -0.4 is 19.8 Å². The molecule has 0 unspecified atom stereocenters. The van der Waals surface area contributed by atoms with E-state index in [1.807, 2.05) is 67.6 Å². The minimum absolute atomic E-state index is 0.202. The van der Waals surface area contributed by atoms with Crippen LogP contribution >= 0.6 is 54.5 Å². The van der Waals surface area contributed by atoms with Gasteiger partial charge in [0.25, 0.3) is 5.56 Å². The van der Waals surface area contributed by atoms with Gasteiger partial charge in [-0.1, -0.05) is 63.9 Å². The zero-order valence-corrected chi connectivity index (χ0v) is 30.2. The number of hydrogen-bond donors (Lipinski definition) is 0. The highest BCUT2D eigenvalue weighted by Crippen LogP contribution is 2.36. The van der Waals surface area contributed by atoms with Gasteiger partial charge in [0.05, 0.1) is 34.9 Å². The zero-order chi connectivity index (χ0) is 31.5. The fraction of sp³-hybridized carbons (Fsp3) is 0.206. The summed E-state index contributed by atoms with van der Waals surface area (Å²) in [7, 11) is 3.27. The van der Waals surface area contributed by atoms with Gasteiger partial charge >= 0.3 is 0 Å². The van der Waals surface area contributed by atoms with Crippen LogP contribution in [0.1, 0.15) is 42.0 Å². The van der Waals surface area contributed by atoms with E-state index in [1.54, 1.807) is 26.5 Å². The van der Waals surface area contributed by atoms with Gasteiger partial charge in [0.2, 0.25) is 0 Å². The first-order valence-corrected chi connectivity index (χ1v) is 16.5. The van der Waals surface area contributed by atoms with E-state index in [9.17, 15) is 4.79 Å². The molecule has 0 aliphatic rings. The molecule has 0 N–H and O–H groups in total. The fourth-order valence-electron chi connectivity index (χ4n) is 4.84. The van der Waals surface area contributed by atoms with Gasteiger partial charge in [-0.05, 0) is 101 Å². The van der Waals surface area contributed by atoms with Gasteiger partial charge in [0.15, 0.2) is 17.3 Å². The van der Waals surface area contributed by atoms with Crippen LogP contribution in [0.5, 0.6) is 17.2 Å². The summed E-state index contributed by atoms with van der Waals surface area (Å²) in [4.78, 5) is 18.8. The van der Waals surface area contributed by atoms with E-state index in [1.165, 1.54) is 4.68 Å². The lowest BCUT2D eigenvalue weighted by Gasteiger charge is -2.17. The number of methoxy groups -OCH3 is 2. The molecule has 7 nitrogen and oxygen atoms in total. The summed E-state index contributed by atoms with van der Waals surface area (Å²) in [5, 5.41) is 5.18. The maximum atomic E-state index is 13.8. The second-order valence-electron chi connectivity index (χ2n) is 10.4. The predicted molar refractivity (Wildman–Crippen MR) is 192 cm³/mol. The first-order chi connectivity index (χ1) is 21.1. The van der Waals surface area contributed by atoms with Gasteiger partial charge < -0.3 is 14.2 Å². The Bertz CT molecular complexity index is 1960. The third kappa shape index (κ3) is 6.72. The number of benzene rings is 4. The summed E-state index contributed by atoms with van der Waals surface area (Å²) in [5.74, 6) is 2.64. The van der Waals surface area contributed by atoms with Crippen LogP contribution in [0, 0.1) is 10.5 Å². The first-order valence-electron chi connectivity index (χ1n) is 13.8.